The van der Waals surface area contributed by atoms with Crippen molar-refractivity contribution < 1.29 is 4.42 Å². The average Bonchev–Trinajstić information content (AvgIpc) is 1.68. The Morgan fingerprint density at radius 3 is 1.10 bits per heavy atom. The van der Waals surface area contributed by atoms with Crippen LogP contribution in [0.4, 0.5) is 28.4 Å². The zero-order valence-electron chi connectivity index (χ0n) is 68.6. The molecule has 15 heterocycles. The van der Waals surface area contributed by atoms with Crippen LogP contribution in [-0.4, -0.2) is 39.3 Å². The van der Waals surface area contributed by atoms with Crippen LogP contribution in [0, 0.1) is 34.6 Å². The number of nitrogens with zero attached hydrogens (tertiary/aromatic N) is 7. The molecule has 0 saturated carbocycles. The van der Waals surface area contributed by atoms with Crippen LogP contribution >= 0.6 is 22.7 Å². The maximum Gasteiger partial charge on any atom is 0.0961 e. The Bertz CT molecular complexity index is 4740. The van der Waals surface area contributed by atoms with Crippen molar-refractivity contribution in [3.05, 3.63) is 264 Å². The van der Waals surface area contributed by atoms with E-state index in [4.69, 9.17) is 4.42 Å². The second kappa shape index (κ2) is 25.5. The zero-order chi connectivity index (χ0) is 75.9. The third-order valence-corrected chi connectivity index (χ3v) is 33.5. The molecule has 562 valence electrons. The SMILES string of the molecule is Cc1ccccc1N1C(C)C2(C)CCC1(C)c1c2ccn1C.Cc1ccccc1N1C(C)C2(C)CCC1(C)c1ccsc12.Cc1ccccc1N1C(C)C2(C)CCC1(C)c1cn(C)cc12.Cc1ccccc1N1C(C)C2(C)CCC1(C)c1cocc12.Cc1ccccc1N1C(C)C2(C)CCC1(C)c1cscc12. The third kappa shape index (κ3) is 10.3. The molecule has 107 heavy (non-hydrogen) atoms. The minimum atomic E-state index is 0.0472. The summed E-state index contributed by atoms with van der Waals surface area (Å²) >= 11 is 3.84. The predicted molar refractivity (Wildman–Crippen MR) is 453 cm³/mol. The van der Waals surface area contributed by atoms with Gasteiger partial charge in [0.25, 0.3) is 0 Å². The van der Waals surface area contributed by atoms with Gasteiger partial charge in [0, 0.05) is 140 Å². The van der Waals surface area contributed by atoms with Crippen molar-refractivity contribution in [1.82, 2.24) is 9.13 Å². The van der Waals surface area contributed by atoms with Crippen LogP contribution in [0.1, 0.15) is 251 Å². The molecule has 10 heteroatoms. The molecule has 10 aliphatic heterocycles. The van der Waals surface area contributed by atoms with Crippen molar-refractivity contribution in [1.29, 1.82) is 0 Å². The first kappa shape index (κ1) is 73.5. The van der Waals surface area contributed by atoms with Crippen molar-refractivity contribution in [2.75, 3.05) is 24.5 Å². The van der Waals surface area contributed by atoms with Crippen molar-refractivity contribution in [3.8, 4) is 0 Å². The summed E-state index contributed by atoms with van der Waals surface area (Å²) in [6.45, 7) is 47.6. The van der Waals surface area contributed by atoms with E-state index in [0.717, 1.165) is 0 Å². The number of piperidine rings is 5. The molecule has 10 bridgehead atoms. The van der Waals surface area contributed by atoms with Gasteiger partial charge in [0.2, 0.25) is 0 Å². The molecule has 0 N–H and O–H groups in total. The molecule has 0 radical (unpaired) electrons. The Labute approximate surface area is 650 Å². The van der Waals surface area contributed by atoms with E-state index in [0.29, 0.717) is 35.6 Å². The number of aryl methyl sites for hydroxylation is 7. The summed E-state index contributed by atoms with van der Waals surface area (Å²) in [6, 6.07) is 51.5. The molecular weight excluding hydrogens is 1340 g/mol. The number of anilines is 5. The van der Waals surface area contributed by atoms with Gasteiger partial charge in [-0.15, -0.1) is 11.3 Å². The Kier molecular flexibility index (Phi) is 17.5. The standard InChI is InChI=1S/2C20H26N2.C19H23NO.2C19H23NS/c1-14-8-6-7-9-17(14)22-15(2)19(3)11-12-20(22,4)18-16(19)10-13-21(18)5;1-14-8-6-7-9-18(14)22-15(2)19(3)10-11-20(22,4)17-13-21(5)12-16(17)19;1-13-7-5-6-8-17(13)20-14(2)18(3)9-10-19(20,4)16-12-21-11-15(16)18;1-13-7-5-6-8-16(13)20-14(2)18(3)10-11-19(20,4)15-9-12-21-17(15)18;1-13-7-5-6-8-17(13)20-14(2)18(3)9-10-19(20,4)16-12-21-11-15(16)18/h6-10,13,15H,11-12H2,1-5H3;6-9,12-13,15H,10-11H2,1-5H3;5-8,11-12,14H,9-10H2,1-4H3;5-9,12,14H,10-11H2,1-4H3;5-8,11-12,14H,9-10H2,1-4H3. The first-order chi connectivity index (χ1) is 50.7. The molecule has 15 aliphatic rings. The summed E-state index contributed by atoms with van der Waals surface area (Å²) < 4.78 is 10.2. The number of para-hydroxylation sites is 5. The molecule has 0 spiro atoms. The summed E-state index contributed by atoms with van der Waals surface area (Å²) in [5, 5.41) is 7.09. The molecule has 5 aromatic heterocycles. The van der Waals surface area contributed by atoms with Gasteiger partial charge in [0.1, 0.15) is 0 Å². The zero-order valence-corrected chi connectivity index (χ0v) is 70.3. The molecule has 15 atom stereocenters. The Balaban J connectivity index is 0.000000102. The maximum atomic E-state index is 5.61. The molecule has 5 aromatic carbocycles. The first-order valence-electron chi connectivity index (χ1n) is 40.5. The van der Waals surface area contributed by atoms with E-state index in [-0.39, 0.29) is 49.4 Å². The highest BCUT2D eigenvalue weighted by molar-refractivity contribution is 7.10. The number of hydrogen-bond acceptors (Lipinski definition) is 8. The van der Waals surface area contributed by atoms with Gasteiger partial charge >= 0.3 is 0 Å². The molecule has 25 rings (SSSR count). The lowest BCUT2D eigenvalue weighted by Gasteiger charge is -2.62. The van der Waals surface area contributed by atoms with Gasteiger partial charge in [0.15, 0.2) is 0 Å². The topological polar surface area (TPSA) is 39.2 Å². The van der Waals surface area contributed by atoms with Gasteiger partial charge in [-0.1, -0.05) is 126 Å². The van der Waals surface area contributed by atoms with Crippen LogP contribution in [0.25, 0.3) is 0 Å². The van der Waals surface area contributed by atoms with Gasteiger partial charge in [-0.25, -0.2) is 0 Å². The van der Waals surface area contributed by atoms with E-state index >= 15 is 0 Å². The first-order valence-corrected chi connectivity index (χ1v) is 42.4. The average molecular weight is 1470 g/mol. The van der Waals surface area contributed by atoms with E-state index in [1.54, 1.807) is 32.7 Å². The molecular formula is C97H121N7OS2. The van der Waals surface area contributed by atoms with E-state index in [1.807, 2.05) is 35.2 Å². The Morgan fingerprint density at radius 1 is 0.327 bits per heavy atom. The van der Waals surface area contributed by atoms with E-state index in [9.17, 15) is 0 Å². The summed E-state index contributed by atoms with van der Waals surface area (Å²) in [5.74, 6) is 0. The minimum absolute atomic E-state index is 0.0472. The molecule has 5 fully saturated rings. The van der Waals surface area contributed by atoms with Gasteiger partial charge < -0.3 is 38.1 Å². The van der Waals surface area contributed by atoms with Crippen molar-refractivity contribution in [2.45, 2.75) is 288 Å². The maximum absolute atomic E-state index is 5.61. The lowest BCUT2D eigenvalue weighted by molar-refractivity contribution is 0.159. The number of aromatic nitrogens is 2. The van der Waals surface area contributed by atoms with E-state index in [2.05, 4.69) is 354 Å². The highest BCUT2D eigenvalue weighted by Crippen LogP contribution is 2.65. The van der Waals surface area contributed by atoms with Crippen molar-refractivity contribution in [3.63, 3.8) is 0 Å². The number of furan rings is 1. The van der Waals surface area contributed by atoms with Crippen LogP contribution in [0.2, 0.25) is 0 Å². The van der Waals surface area contributed by atoms with Gasteiger partial charge in [-0.2, -0.15) is 11.3 Å². The smallest absolute Gasteiger partial charge is 0.0961 e. The van der Waals surface area contributed by atoms with Crippen LogP contribution in [0.3, 0.4) is 0 Å². The van der Waals surface area contributed by atoms with Crippen molar-refractivity contribution >= 4 is 51.1 Å². The summed E-state index contributed by atoms with van der Waals surface area (Å²) in [4.78, 5) is 15.1. The fourth-order valence-electron chi connectivity index (χ4n) is 23.9. The number of benzene rings is 5. The summed E-state index contributed by atoms with van der Waals surface area (Å²) in [6.07, 6.45) is 23.5. The van der Waals surface area contributed by atoms with Crippen molar-refractivity contribution in [2.24, 2.45) is 14.1 Å². The molecule has 8 nitrogen and oxygen atoms in total. The Hall–Kier alpha value is -7.66. The summed E-state index contributed by atoms with van der Waals surface area (Å²) in [5.41, 5.74) is 29.4. The monoisotopic (exact) mass is 1460 g/mol. The highest BCUT2D eigenvalue weighted by Gasteiger charge is 2.63. The lowest BCUT2D eigenvalue weighted by Crippen LogP contribution is -2.66. The van der Waals surface area contributed by atoms with Crippen LogP contribution < -0.4 is 24.5 Å². The normalized spacial score (nSPS) is 33.7. The number of fused-ring (bicyclic) bond motifs is 10. The molecule has 10 aromatic rings. The number of rotatable bonds is 5. The van der Waals surface area contributed by atoms with Gasteiger partial charge in [-0.3, -0.25) is 0 Å². The van der Waals surface area contributed by atoms with Crippen LogP contribution in [0.15, 0.2) is 185 Å². The minimum Gasteiger partial charge on any atom is -0.472 e. The van der Waals surface area contributed by atoms with Crippen LogP contribution in [0.5, 0.6) is 0 Å². The van der Waals surface area contributed by atoms with E-state index < -0.39 is 0 Å². The quantitative estimate of drug-likeness (QED) is 0.171. The predicted octanol–water partition coefficient (Wildman–Crippen LogP) is 24.2. The fraction of sp³-hybridized carbons (Fsp3) is 0.485. The second-order valence-corrected chi connectivity index (χ2v) is 38.8. The fourth-order valence-corrected chi connectivity index (χ4v) is 26.3. The molecule has 5 saturated heterocycles. The molecule has 5 aliphatic carbocycles. The second-order valence-electron chi connectivity index (χ2n) is 37.1. The Morgan fingerprint density at radius 2 is 0.654 bits per heavy atom. The largest absolute Gasteiger partial charge is 0.472 e. The lowest BCUT2D eigenvalue weighted by atomic mass is 9.57. The molecule has 0 amide bonds. The van der Waals surface area contributed by atoms with Crippen LogP contribution in [-0.2, 0) is 68.9 Å². The van der Waals surface area contributed by atoms with E-state index in [1.165, 1.54) is 143 Å². The van der Waals surface area contributed by atoms with Gasteiger partial charge in [0.05, 0.1) is 40.2 Å². The number of thiophene rings is 2. The summed E-state index contributed by atoms with van der Waals surface area (Å²) in [7, 11) is 4.36. The highest BCUT2D eigenvalue weighted by atomic mass is 32.1. The number of hydrogen-bond donors (Lipinski definition) is 0. The third-order valence-electron chi connectivity index (χ3n) is 31.6. The molecule has 15 unspecified atom stereocenters. The van der Waals surface area contributed by atoms with Gasteiger partial charge in [-0.05, 0) is 288 Å².